The first kappa shape index (κ1) is 15.3. The topological polar surface area (TPSA) is 47.5 Å². The summed E-state index contributed by atoms with van der Waals surface area (Å²) in [6.07, 6.45) is 2.51. The molecule has 20 heavy (non-hydrogen) atoms. The van der Waals surface area contributed by atoms with E-state index in [0.717, 1.165) is 25.3 Å². The van der Waals surface area contributed by atoms with Crippen LogP contribution in [-0.4, -0.2) is 47.2 Å². The lowest BCUT2D eigenvalue weighted by Gasteiger charge is -2.42. The molecule has 1 aliphatic heterocycles. The average Bonchev–Trinajstić information content (AvgIpc) is 2.43. The summed E-state index contributed by atoms with van der Waals surface area (Å²) in [6, 6.07) is 1.88. The maximum absolute atomic E-state index is 5.95. The molecule has 1 unspecified atom stereocenters. The Hall–Kier alpha value is -1.07. The van der Waals surface area contributed by atoms with Crippen molar-refractivity contribution < 1.29 is 9.47 Å². The van der Waals surface area contributed by atoms with E-state index in [9.17, 15) is 0 Å². The molecular weight excluding hydrogens is 278 g/mol. The highest BCUT2D eigenvalue weighted by atomic mass is 35.5. The van der Waals surface area contributed by atoms with Crippen LogP contribution in [0.1, 0.15) is 27.2 Å². The van der Waals surface area contributed by atoms with Crippen LogP contribution in [0.5, 0.6) is 5.88 Å². The van der Waals surface area contributed by atoms with Crippen LogP contribution in [0.3, 0.4) is 0 Å². The number of aromatic nitrogens is 2. The fourth-order valence-corrected chi connectivity index (χ4v) is 2.50. The first-order valence-electron chi connectivity index (χ1n) is 6.97. The van der Waals surface area contributed by atoms with Gasteiger partial charge in [-0.15, -0.1) is 11.6 Å². The molecule has 0 spiro atoms. The molecule has 2 rings (SSSR count). The van der Waals surface area contributed by atoms with Crippen LogP contribution in [-0.2, 0) is 4.74 Å². The Balaban J connectivity index is 2.13. The molecule has 1 aliphatic rings. The standard InChI is InChI=1S/C14H22ClN3O2/c1-4-5-19-13-6-12(16-10-17-13)18-8-11(7-15)20-14(2,3)9-18/h6,10-11H,4-5,7-9H2,1-3H3. The van der Waals surface area contributed by atoms with Crippen molar-refractivity contribution >= 4 is 17.4 Å². The Labute approximate surface area is 125 Å². The zero-order valence-electron chi connectivity index (χ0n) is 12.3. The SMILES string of the molecule is CCCOc1cc(N2CC(CCl)OC(C)(C)C2)ncn1. The van der Waals surface area contributed by atoms with Crippen LogP contribution < -0.4 is 9.64 Å². The van der Waals surface area contributed by atoms with E-state index in [1.54, 1.807) is 6.33 Å². The molecule has 0 aromatic carbocycles. The van der Waals surface area contributed by atoms with Gasteiger partial charge < -0.3 is 14.4 Å². The molecule has 1 atom stereocenters. The summed E-state index contributed by atoms with van der Waals surface area (Å²) in [5.74, 6) is 1.95. The van der Waals surface area contributed by atoms with E-state index >= 15 is 0 Å². The molecular formula is C14H22ClN3O2. The number of anilines is 1. The summed E-state index contributed by atoms with van der Waals surface area (Å²) in [4.78, 5) is 10.6. The Morgan fingerprint density at radius 3 is 3.00 bits per heavy atom. The molecule has 0 N–H and O–H groups in total. The average molecular weight is 300 g/mol. The van der Waals surface area contributed by atoms with Gasteiger partial charge in [-0.25, -0.2) is 9.97 Å². The van der Waals surface area contributed by atoms with Gasteiger partial charge in [-0.05, 0) is 20.3 Å². The summed E-state index contributed by atoms with van der Waals surface area (Å²) in [5, 5.41) is 0. The predicted octanol–water partition coefficient (Wildman–Crippen LogP) is 2.49. The highest BCUT2D eigenvalue weighted by Crippen LogP contribution is 2.26. The second-order valence-corrected chi connectivity index (χ2v) is 5.91. The molecule has 0 saturated carbocycles. The van der Waals surface area contributed by atoms with E-state index in [2.05, 4.69) is 35.6 Å². The van der Waals surface area contributed by atoms with Gasteiger partial charge in [0.15, 0.2) is 0 Å². The number of hydrogen-bond acceptors (Lipinski definition) is 5. The maximum atomic E-state index is 5.95. The third-order valence-corrected chi connectivity index (χ3v) is 3.40. The Morgan fingerprint density at radius 1 is 1.50 bits per heavy atom. The van der Waals surface area contributed by atoms with E-state index in [4.69, 9.17) is 21.1 Å². The zero-order valence-corrected chi connectivity index (χ0v) is 13.1. The number of nitrogens with zero attached hydrogens (tertiary/aromatic N) is 3. The molecule has 1 aromatic heterocycles. The quantitative estimate of drug-likeness (QED) is 0.782. The van der Waals surface area contributed by atoms with Crippen LogP contribution in [0.15, 0.2) is 12.4 Å². The predicted molar refractivity (Wildman–Crippen MR) is 79.7 cm³/mol. The second-order valence-electron chi connectivity index (χ2n) is 5.60. The summed E-state index contributed by atoms with van der Waals surface area (Å²) in [7, 11) is 0. The Bertz CT molecular complexity index is 442. The van der Waals surface area contributed by atoms with Gasteiger partial charge in [0.25, 0.3) is 0 Å². The van der Waals surface area contributed by atoms with Crippen LogP contribution in [0.4, 0.5) is 5.82 Å². The van der Waals surface area contributed by atoms with Crippen LogP contribution in [0, 0.1) is 0 Å². The van der Waals surface area contributed by atoms with Crippen molar-refractivity contribution in [3.05, 3.63) is 12.4 Å². The molecule has 112 valence electrons. The minimum Gasteiger partial charge on any atom is -0.478 e. The summed E-state index contributed by atoms with van der Waals surface area (Å²) in [5.41, 5.74) is -0.243. The van der Waals surface area contributed by atoms with E-state index in [1.165, 1.54) is 0 Å². The van der Waals surface area contributed by atoms with Crippen LogP contribution in [0.2, 0.25) is 0 Å². The van der Waals surface area contributed by atoms with Crippen molar-refractivity contribution in [3.63, 3.8) is 0 Å². The van der Waals surface area contributed by atoms with E-state index in [1.807, 2.05) is 6.07 Å². The van der Waals surface area contributed by atoms with Gasteiger partial charge in [-0.2, -0.15) is 0 Å². The maximum Gasteiger partial charge on any atom is 0.218 e. The van der Waals surface area contributed by atoms with Crippen LogP contribution >= 0.6 is 11.6 Å². The Morgan fingerprint density at radius 2 is 2.30 bits per heavy atom. The number of halogens is 1. The molecule has 1 aromatic rings. The first-order valence-corrected chi connectivity index (χ1v) is 7.51. The number of hydrogen-bond donors (Lipinski definition) is 0. The van der Waals surface area contributed by atoms with E-state index < -0.39 is 0 Å². The highest BCUT2D eigenvalue weighted by Gasteiger charge is 2.33. The molecule has 0 radical (unpaired) electrons. The van der Waals surface area contributed by atoms with Crippen molar-refractivity contribution in [2.75, 3.05) is 30.5 Å². The van der Waals surface area contributed by atoms with Crippen LogP contribution in [0.25, 0.3) is 0 Å². The smallest absolute Gasteiger partial charge is 0.218 e. The molecule has 0 aliphatic carbocycles. The van der Waals surface area contributed by atoms with Gasteiger partial charge in [-0.1, -0.05) is 6.92 Å². The molecule has 5 nitrogen and oxygen atoms in total. The third kappa shape index (κ3) is 3.96. The van der Waals surface area contributed by atoms with Crippen molar-refractivity contribution in [1.29, 1.82) is 0 Å². The third-order valence-electron chi connectivity index (χ3n) is 3.06. The molecule has 2 heterocycles. The van der Waals surface area contributed by atoms with Crippen molar-refractivity contribution in [2.24, 2.45) is 0 Å². The molecule has 1 saturated heterocycles. The van der Waals surface area contributed by atoms with E-state index in [-0.39, 0.29) is 11.7 Å². The minimum absolute atomic E-state index is 0.00962. The van der Waals surface area contributed by atoms with Crippen molar-refractivity contribution in [3.8, 4) is 5.88 Å². The number of morpholine rings is 1. The Kier molecular flexibility index (Phi) is 5.05. The van der Waals surface area contributed by atoms with Crippen molar-refractivity contribution in [2.45, 2.75) is 38.9 Å². The van der Waals surface area contributed by atoms with Gasteiger partial charge in [0.05, 0.1) is 24.2 Å². The highest BCUT2D eigenvalue weighted by molar-refractivity contribution is 6.18. The fourth-order valence-electron chi connectivity index (χ4n) is 2.34. The fraction of sp³-hybridized carbons (Fsp3) is 0.714. The number of alkyl halides is 1. The molecule has 0 bridgehead atoms. The van der Waals surface area contributed by atoms with Crippen molar-refractivity contribution in [1.82, 2.24) is 9.97 Å². The zero-order chi connectivity index (χ0) is 14.6. The molecule has 6 heteroatoms. The first-order chi connectivity index (χ1) is 9.54. The molecule has 0 amide bonds. The molecule has 1 fully saturated rings. The van der Waals surface area contributed by atoms with Gasteiger partial charge >= 0.3 is 0 Å². The lowest BCUT2D eigenvalue weighted by atomic mass is 10.1. The van der Waals surface area contributed by atoms with Gasteiger partial charge in [0.2, 0.25) is 5.88 Å². The lowest BCUT2D eigenvalue weighted by Crippen LogP contribution is -2.53. The minimum atomic E-state index is -0.243. The summed E-state index contributed by atoms with van der Waals surface area (Å²) < 4.78 is 11.5. The number of ether oxygens (including phenoxy) is 2. The summed E-state index contributed by atoms with van der Waals surface area (Å²) >= 11 is 5.95. The normalized spacial score (nSPS) is 21.8. The van der Waals surface area contributed by atoms with Gasteiger partial charge in [-0.3, -0.25) is 0 Å². The van der Waals surface area contributed by atoms with Gasteiger partial charge in [0.1, 0.15) is 12.1 Å². The van der Waals surface area contributed by atoms with Gasteiger partial charge in [0, 0.05) is 19.2 Å². The largest absolute Gasteiger partial charge is 0.478 e. The lowest BCUT2D eigenvalue weighted by molar-refractivity contribution is -0.0736. The summed E-state index contributed by atoms with van der Waals surface area (Å²) in [6.45, 7) is 8.36. The monoisotopic (exact) mass is 299 g/mol. The number of rotatable bonds is 5. The second kappa shape index (κ2) is 6.59. The van der Waals surface area contributed by atoms with E-state index in [0.29, 0.717) is 18.4 Å².